The minimum absolute atomic E-state index is 0.0103. The van der Waals surface area contributed by atoms with Crippen molar-refractivity contribution in [2.24, 2.45) is 5.41 Å². The summed E-state index contributed by atoms with van der Waals surface area (Å²) in [5, 5.41) is 8.48. The quantitative estimate of drug-likeness (QED) is 0.406. The largest absolute Gasteiger partial charge is 0.465 e. The highest BCUT2D eigenvalue weighted by molar-refractivity contribution is 6.05. The van der Waals surface area contributed by atoms with Crippen molar-refractivity contribution in [3.8, 4) is 6.07 Å². The van der Waals surface area contributed by atoms with Crippen LogP contribution in [0.15, 0.2) is 0 Å². The van der Waals surface area contributed by atoms with Gasteiger partial charge in [0.25, 0.3) is 0 Å². The van der Waals surface area contributed by atoms with Crippen LogP contribution in [-0.2, 0) is 14.3 Å². The predicted molar refractivity (Wildman–Crippen MR) is 57.4 cm³/mol. The Morgan fingerprint density at radius 1 is 1.62 bits per heavy atom. The van der Waals surface area contributed by atoms with Gasteiger partial charge in [0.1, 0.15) is 11.2 Å². The second-order valence-electron chi connectivity index (χ2n) is 4.09. The van der Waals surface area contributed by atoms with Crippen LogP contribution in [-0.4, -0.2) is 18.4 Å². The van der Waals surface area contributed by atoms with Crippen molar-refractivity contribution in [2.75, 3.05) is 6.61 Å². The van der Waals surface area contributed by atoms with Crippen molar-refractivity contribution >= 4 is 11.8 Å². The molecule has 4 nitrogen and oxygen atoms in total. The number of Topliss-reactive ketones (excluding diaryl/α,β-unsaturated/α-hetero) is 1. The van der Waals surface area contributed by atoms with Gasteiger partial charge in [-0.25, -0.2) is 0 Å². The Balaban J connectivity index is 2.73. The van der Waals surface area contributed by atoms with Gasteiger partial charge in [0, 0.05) is 12.8 Å². The minimum Gasteiger partial charge on any atom is -0.465 e. The Labute approximate surface area is 95.6 Å². The number of rotatable bonds is 5. The molecule has 1 unspecified atom stereocenters. The van der Waals surface area contributed by atoms with Gasteiger partial charge in [-0.2, -0.15) is 5.26 Å². The number of carbonyl (C=O) groups is 2. The van der Waals surface area contributed by atoms with Crippen LogP contribution in [0.1, 0.15) is 45.4 Å². The van der Waals surface area contributed by atoms with Gasteiger partial charge in [0.15, 0.2) is 0 Å². The van der Waals surface area contributed by atoms with E-state index in [4.69, 9.17) is 10.00 Å². The van der Waals surface area contributed by atoms with Gasteiger partial charge in [-0.1, -0.05) is 0 Å². The zero-order valence-electron chi connectivity index (χ0n) is 9.62. The summed E-state index contributed by atoms with van der Waals surface area (Å²) >= 11 is 0. The topological polar surface area (TPSA) is 67.2 Å². The van der Waals surface area contributed by atoms with E-state index in [1.165, 1.54) is 0 Å². The van der Waals surface area contributed by atoms with Crippen LogP contribution in [0.2, 0.25) is 0 Å². The highest BCUT2D eigenvalue weighted by atomic mass is 16.5. The number of ketones is 1. The van der Waals surface area contributed by atoms with Gasteiger partial charge in [0.05, 0.1) is 12.7 Å². The van der Waals surface area contributed by atoms with Gasteiger partial charge in [0.2, 0.25) is 0 Å². The predicted octanol–water partition coefficient (Wildman–Crippen LogP) is 1.98. The Morgan fingerprint density at radius 2 is 2.38 bits per heavy atom. The number of nitrogens with zero attached hydrogens (tertiary/aromatic N) is 1. The normalized spacial score (nSPS) is 24.1. The third-order valence-corrected chi connectivity index (χ3v) is 3.10. The molecule has 0 heterocycles. The van der Waals surface area contributed by atoms with Crippen molar-refractivity contribution in [3.05, 3.63) is 0 Å². The Morgan fingerprint density at radius 3 is 2.88 bits per heavy atom. The molecular weight excluding hydrogens is 206 g/mol. The molecule has 0 amide bonds. The Hall–Kier alpha value is -1.37. The fourth-order valence-corrected chi connectivity index (χ4v) is 2.25. The van der Waals surface area contributed by atoms with Crippen LogP contribution in [0.25, 0.3) is 0 Å². The molecule has 1 atom stereocenters. The van der Waals surface area contributed by atoms with Crippen LogP contribution in [0.4, 0.5) is 0 Å². The van der Waals surface area contributed by atoms with Crippen molar-refractivity contribution in [3.63, 3.8) is 0 Å². The molecule has 0 spiro atoms. The third kappa shape index (κ3) is 2.41. The zero-order chi connectivity index (χ0) is 12.0. The minimum atomic E-state index is -0.938. The maximum Gasteiger partial charge on any atom is 0.319 e. The first kappa shape index (κ1) is 12.7. The lowest BCUT2D eigenvalue weighted by molar-refractivity contribution is -0.159. The number of ether oxygens (including phenoxy) is 1. The van der Waals surface area contributed by atoms with Gasteiger partial charge < -0.3 is 4.74 Å². The average molecular weight is 223 g/mol. The molecule has 0 aromatic heterocycles. The number of carbonyl (C=O) groups excluding carboxylic acids is 2. The van der Waals surface area contributed by atoms with E-state index < -0.39 is 11.4 Å². The summed E-state index contributed by atoms with van der Waals surface area (Å²) in [5.41, 5.74) is -0.938. The van der Waals surface area contributed by atoms with Crippen molar-refractivity contribution < 1.29 is 14.3 Å². The van der Waals surface area contributed by atoms with Crippen LogP contribution in [0, 0.1) is 16.7 Å². The van der Waals surface area contributed by atoms with E-state index in [9.17, 15) is 9.59 Å². The van der Waals surface area contributed by atoms with Crippen LogP contribution in [0.5, 0.6) is 0 Å². The number of esters is 1. The fourth-order valence-electron chi connectivity index (χ4n) is 2.25. The molecule has 88 valence electrons. The smallest absolute Gasteiger partial charge is 0.319 e. The second kappa shape index (κ2) is 5.64. The lowest BCUT2D eigenvalue weighted by atomic mass is 9.80. The summed E-state index contributed by atoms with van der Waals surface area (Å²) in [6.07, 6.45) is 3.22. The maximum absolute atomic E-state index is 11.8. The highest BCUT2D eigenvalue weighted by Crippen LogP contribution is 2.40. The van der Waals surface area contributed by atoms with E-state index in [1.807, 2.05) is 6.07 Å². The van der Waals surface area contributed by atoms with Gasteiger partial charge >= 0.3 is 5.97 Å². The lowest BCUT2D eigenvalue weighted by Gasteiger charge is -2.24. The van der Waals surface area contributed by atoms with Gasteiger partial charge in [-0.05, 0) is 32.6 Å². The summed E-state index contributed by atoms with van der Waals surface area (Å²) < 4.78 is 4.99. The molecule has 4 heteroatoms. The molecule has 0 saturated heterocycles. The molecule has 1 fully saturated rings. The van der Waals surface area contributed by atoms with Crippen molar-refractivity contribution in [1.29, 1.82) is 5.26 Å². The van der Waals surface area contributed by atoms with E-state index in [0.717, 1.165) is 6.42 Å². The molecule has 1 aliphatic rings. The summed E-state index contributed by atoms with van der Waals surface area (Å²) in [7, 11) is 0. The van der Waals surface area contributed by atoms with E-state index in [1.54, 1.807) is 6.92 Å². The Kier molecular flexibility index (Phi) is 4.48. The van der Waals surface area contributed by atoms with Crippen molar-refractivity contribution in [2.45, 2.75) is 45.4 Å². The Bertz CT molecular complexity index is 319. The zero-order valence-corrected chi connectivity index (χ0v) is 9.62. The molecule has 0 aromatic rings. The molecule has 0 aromatic carbocycles. The fraction of sp³-hybridized carbons (Fsp3) is 0.750. The van der Waals surface area contributed by atoms with Gasteiger partial charge in [-0.3, -0.25) is 9.59 Å². The van der Waals surface area contributed by atoms with E-state index in [-0.39, 0.29) is 5.78 Å². The summed E-state index contributed by atoms with van der Waals surface area (Å²) in [4.78, 5) is 23.7. The molecule has 16 heavy (non-hydrogen) atoms. The van der Waals surface area contributed by atoms with Crippen molar-refractivity contribution in [1.82, 2.24) is 0 Å². The highest BCUT2D eigenvalue weighted by Gasteiger charge is 2.48. The van der Waals surface area contributed by atoms with Gasteiger partial charge in [-0.15, -0.1) is 0 Å². The van der Waals surface area contributed by atoms with E-state index in [2.05, 4.69) is 0 Å². The lowest BCUT2D eigenvalue weighted by Crippen LogP contribution is -2.36. The number of hydrogen-bond donors (Lipinski definition) is 0. The molecule has 1 rings (SSSR count). The monoisotopic (exact) mass is 223 g/mol. The third-order valence-electron chi connectivity index (χ3n) is 3.10. The first-order chi connectivity index (χ1) is 7.67. The van der Waals surface area contributed by atoms with E-state index >= 15 is 0 Å². The second-order valence-corrected chi connectivity index (χ2v) is 4.09. The number of hydrogen-bond acceptors (Lipinski definition) is 4. The average Bonchev–Trinajstić information content (AvgIpc) is 2.62. The molecular formula is C12H17NO3. The van der Waals surface area contributed by atoms with Crippen LogP contribution >= 0.6 is 0 Å². The molecule has 0 aliphatic heterocycles. The standard InChI is InChI=1S/C12H17NO3/c1-2-16-11(15)12(7-3-4-9-13)8-5-6-10(12)14/h2-8H2,1H3. The molecule has 1 aliphatic carbocycles. The summed E-state index contributed by atoms with van der Waals surface area (Å²) in [5.74, 6) is -0.403. The number of unbranched alkanes of at least 4 members (excludes halogenated alkanes) is 1. The first-order valence-corrected chi connectivity index (χ1v) is 5.75. The molecule has 1 saturated carbocycles. The first-order valence-electron chi connectivity index (χ1n) is 5.75. The van der Waals surface area contributed by atoms with Crippen LogP contribution in [0.3, 0.4) is 0 Å². The summed E-state index contributed by atoms with van der Waals surface area (Å²) in [6.45, 7) is 2.03. The summed E-state index contributed by atoms with van der Waals surface area (Å²) in [6, 6.07) is 2.03. The van der Waals surface area contributed by atoms with E-state index in [0.29, 0.717) is 38.7 Å². The SMILES string of the molecule is CCOC(=O)C1(CCCC#N)CCCC1=O. The molecule has 0 bridgehead atoms. The van der Waals surface area contributed by atoms with Crippen LogP contribution < -0.4 is 0 Å². The molecule has 0 radical (unpaired) electrons. The number of nitriles is 1. The molecule has 0 N–H and O–H groups in total. The maximum atomic E-state index is 11.8.